The Morgan fingerprint density at radius 1 is 1.19 bits per heavy atom. The van der Waals surface area contributed by atoms with E-state index in [2.05, 4.69) is 20.4 Å². The molecule has 3 N–H and O–H groups in total. The molecule has 1 aromatic heterocycles. The largest absolute Gasteiger partial charge is 0.372 e. The van der Waals surface area contributed by atoms with Gasteiger partial charge in [-0.3, -0.25) is 9.59 Å². The third-order valence-electron chi connectivity index (χ3n) is 4.22. The average Bonchev–Trinajstić information content (AvgIpc) is 2.67. The van der Waals surface area contributed by atoms with Crippen LogP contribution >= 0.6 is 11.8 Å². The summed E-state index contributed by atoms with van der Waals surface area (Å²) in [5.41, 5.74) is 1.71. The molecule has 3 rings (SSSR count). The number of carbonyl (C=O) groups excluding carboxylic acids is 1. The van der Waals surface area contributed by atoms with E-state index in [1.54, 1.807) is 0 Å². The summed E-state index contributed by atoms with van der Waals surface area (Å²) >= 11 is 1.07. The number of hydrogen-bond donors (Lipinski definition) is 2. The molecule has 1 saturated heterocycles. The second kappa shape index (κ2) is 8.22. The molecule has 138 valence electrons. The van der Waals surface area contributed by atoms with E-state index in [9.17, 15) is 9.59 Å². The molecule has 2 heterocycles. The molecular weight excluding hydrogens is 352 g/mol. The Bertz CT molecular complexity index is 830. The normalized spacial score (nSPS) is 14.3. The Labute approximate surface area is 155 Å². The van der Waals surface area contributed by atoms with E-state index in [-0.39, 0.29) is 22.5 Å². The number of aromatic nitrogens is 3. The summed E-state index contributed by atoms with van der Waals surface area (Å²) in [5, 5.41) is 10.6. The van der Waals surface area contributed by atoms with Gasteiger partial charge in [-0.15, -0.1) is 10.2 Å². The van der Waals surface area contributed by atoms with Gasteiger partial charge in [-0.1, -0.05) is 11.8 Å². The van der Waals surface area contributed by atoms with Crippen molar-refractivity contribution in [3.8, 4) is 0 Å². The number of piperidine rings is 1. The van der Waals surface area contributed by atoms with Crippen molar-refractivity contribution in [2.45, 2.75) is 31.3 Å². The van der Waals surface area contributed by atoms with Gasteiger partial charge in [0.25, 0.3) is 5.56 Å². The maximum Gasteiger partial charge on any atom is 0.294 e. The molecule has 0 aliphatic carbocycles. The van der Waals surface area contributed by atoms with Crippen molar-refractivity contribution in [3.63, 3.8) is 0 Å². The van der Waals surface area contributed by atoms with Crippen molar-refractivity contribution in [3.05, 3.63) is 40.3 Å². The van der Waals surface area contributed by atoms with Crippen molar-refractivity contribution in [2.75, 3.05) is 34.9 Å². The average molecular weight is 374 g/mol. The van der Waals surface area contributed by atoms with Crippen LogP contribution in [0.25, 0.3) is 0 Å². The molecule has 0 atom stereocenters. The number of amides is 1. The molecule has 26 heavy (non-hydrogen) atoms. The van der Waals surface area contributed by atoms with Crippen molar-refractivity contribution < 1.29 is 4.79 Å². The van der Waals surface area contributed by atoms with Gasteiger partial charge in [0.05, 0.1) is 5.75 Å². The first-order chi connectivity index (χ1) is 12.5. The monoisotopic (exact) mass is 374 g/mol. The first kappa shape index (κ1) is 18.2. The van der Waals surface area contributed by atoms with Crippen LogP contribution in [-0.4, -0.2) is 39.6 Å². The number of thioether (sulfide) groups is 1. The summed E-state index contributed by atoms with van der Waals surface area (Å²) in [7, 11) is 0. The number of hydrogen-bond acceptors (Lipinski definition) is 7. The molecule has 8 nitrogen and oxygen atoms in total. The highest BCUT2D eigenvalue weighted by Gasteiger charge is 2.12. The maximum absolute atomic E-state index is 12.1. The summed E-state index contributed by atoms with van der Waals surface area (Å²) in [6.07, 6.45) is 3.75. The summed E-state index contributed by atoms with van der Waals surface area (Å²) in [6, 6.07) is 7.85. The topological polar surface area (TPSA) is 106 Å². The molecule has 1 aliphatic heterocycles. The summed E-state index contributed by atoms with van der Waals surface area (Å²) in [5.74, 6) is 5.54. The third-order valence-corrected chi connectivity index (χ3v) is 5.17. The van der Waals surface area contributed by atoms with Crippen molar-refractivity contribution in [1.82, 2.24) is 14.9 Å². The van der Waals surface area contributed by atoms with Gasteiger partial charge in [-0.2, -0.15) is 4.68 Å². The van der Waals surface area contributed by atoms with E-state index in [0.717, 1.165) is 35.2 Å². The SMILES string of the molecule is Cc1nnc(SCC(=O)Nc2ccc(N3CCCCC3)cc2)n(N)c1=O. The molecule has 1 amide bonds. The number of nitrogens with two attached hydrogens (primary N) is 1. The minimum absolute atomic E-state index is 0.0856. The predicted molar refractivity (Wildman–Crippen MR) is 103 cm³/mol. The van der Waals surface area contributed by atoms with E-state index >= 15 is 0 Å². The highest BCUT2D eigenvalue weighted by Crippen LogP contribution is 2.22. The van der Waals surface area contributed by atoms with Gasteiger partial charge in [0.1, 0.15) is 5.69 Å². The lowest BCUT2D eigenvalue weighted by Gasteiger charge is -2.28. The van der Waals surface area contributed by atoms with E-state index in [4.69, 9.17) is 5.84 Å². The van der Waals surface area contributed by atoms with Crippen LogP contribution in [0.1, 0.15) is 25.0 Å². The Morgan fingerprint density at radius 2 is 1.88 bits per heavy atom. The molecule has 0 radical (unpaired) electrons. The molecule has 0 spiro atoms. The highest BCUT2D eigenvalue weighted by atomic mass is 32.2. The molecule has 1 aliphatic rings. The number of rotatable bonds is 5. The molecule has 1 fully saturated rings. The Kier molecular flexibility index (Phi) is 5.77. The van der Waals surface area contributed by atoms with Gasteiger partial charge in [0.2, 0.25) is 11.1 Å². The fraction of sp³-hybridized carbons (Fsp3) is 0.412. The van der Waals surface area contributed by atoms with E-state index in [0.29, 0.717) is 0 Å². The zero-order valence-corrected chi connectivity index (χ0v) is 15.5. The first-order valence-corrected chi connectivity index (χ1v) is 9.52. The number of nitrogens with zero attached hydrogens (tertiary/aromatic N) is 4. The van der Waals surface area contributed by atoms with E-state index in [1.807, 2.05) is 24.3 Å². The van der Waals surface area contributed by atoms with Crippen LogP contribution in [-0.2, 0) is 4.79 Å². The van der Waals surface area contributed by atoms with Gasteiger partial charge < -0.3 is 16.1 Å². The van der Waals surface area contributed by atoms with Crippen LogP contribution < -0.4 is 21.6 Å². The number of nitrogens with one attached hydrogen (secondary N) is 1. The Balaban J connectivity index is 1.55. The maximum atomic E-state index is 12.1. The Morgan fingerprint density at radius 3 is 2.58 bits per heavy atom. The summed E-state index contributed by atoms with van der Waals surface area (Å²) in [4.78, 5) is 26.2. The third kappa shape index (κ3) is 4.34. The quantitative estimate of drug-likeness (QED) is 0.601. The van der Waals surface area contributed by atoms with Crippen molar-refractivity contribution in [2.24, 2.45) is 0 Å². The van der Waals surface area contributed by atoms with Gasteiger partial charge in [-0.05, 0) is 50.5 Å². The molecule has 2 aromatic rings. The lowest BCUT2D eigenvalue weighted by Crippen LogP contribution is -2.32. The van der Waals surface area contributed by atoms with E-state index in [1.165, 1.54) is 31.9 Å². The number of anilines is 2. The fourth-order valence-electron chi connectivity index (χ4n) is 2.80. The van der Waals surface area contributed by atoms with Crippen LogP contribution in [0.3, 0.4) is 0 Å². The number of carbonyl (C=O) groups is 1. The molecule has 0 bridgehead atoms. The predicted octanol–water partition coefficient (Wildman–Crippen LogP) is 1.38. The molecule has 1 aromatic carbocycles. The second-order valence-corrected chi connectivity index (χ2v) is 7.12. The smallest absolute Gasteiger partial charge is 0.294 e. The van der Waals surface area contributed by atoms with E-state index < -0.39 is 5.56 Å². The highest BCUT2D eigenvalue weighted by molar-refractivity contribution is 7.99. The standard InChI is InChI=1S/C17H22N6O2S/c1-12-16(25)23(18)17(21-20-12)26-11-15(24)19-13-5-7-14(8-6-13)22-9-3-2-4-10-22/h5-8H,2-4,9-11,18H2,1H3,(H,19,24). The molecule has 9 heteroatoms. The minimum Gasteiger partial charge on any atom is -0.372 e. The van der Waals surface area contributed by atoms with Crippen LogP contribution in [0, 0.1) is 6.92 Å². The number of benzene rings is 1. The van der Waals surface area contributed by atoms with Crippen LogP contribution in [0.2, 0.25) is 0 Å². The lowest BCUT2D eigenvalue weighted by molar-refractivity contribution is -0.113. The lowest BCUT2D eigenvalue weighted by atomic mass is 10.1. The van der Waals surface area contributed by atoms with Gasteiger partial charge in [0.15, 0.2) is 0 Å². The molecule has 0 unspecified atom stereocenters. The second-order valence-electron chi connectivity index (χ2n) is 6.17. The summed E-state index contributed by atoms with van der Waals surface area (Å²) in [6.45, 7) is 3.70. The summed E-state index contributed by atoms with van der Waals surface area (Å²) < 4.78 is 0.910. The van der Waals surface area contributed by atoms with Crippen molar-refractivity contribution in [1.29, 1.82) is 0 Å². The fourth-order valence-corrected chi connectivity index (χ4v) is 3.46. The zero-order chi connectivity index (χ0) is 18.5. The molecule has 0 saturated carbocycles. The minimum atomic E-state index is -0.420. The van der Waals surface area contributed by atoms with Gasteiger partial charge in [0, 0.05) is 24.5 Å². The zero-order valence-electron chi connectivity index (χ0n) is 14.6. The van der Waals surface area contributed by atoms with Crippen LogP contribution in [0.15, 0.2) is 34.2 Å². The van der Waals surface area contributed by atoms with Crippen molar-refractivity contribution >= 4 is 29.0 Å². The number of aryl methyl sites for hydroxylation is 1. The molecular formula is C17H22N6O2S. The van der Waals surface area contributed by atoms with Gasteiger partial charge >= 0.3 is 0 Å². The Hall–Kier alpha value is -2.55. The van der Waals surface area contributed by atoms with Crippen LogP contribution in [0.5, 0.6) is 0 Å². The van der Waals surface area contributed by atoms with Crippen LogP contribution in [0.4, 0.5) is 11.4 Å². The number of nitrogen functional groups attached to an aromatic ring is 1. The van der Waals surface area contributed by atoms with Gasteiger partial charge in [-0.25, -0.2) is 0 Å². The first-order valence-electron chi connectivity index (χ1n) is 8.53.